The fraction of sp³-hybridized carbons (Fsp3) is 0. The van der Waals surface area contributed by atoms with E-state index < -0.39 is 5.97 Å². The number of carbonyl (C=O) groups is 1. The van der Waals surface area contributed by atoms with Crippen LogP contribution >= 0.6 is 0 Å². The third kappa shape index (κ3) is 2.88. The summed E-state index contributed by atoms with van der Waals surface area (Å²) in [4.78, 5) is 14.1. The van der Waals surface area contributed by atoms with E-state index in [0.717, 1.165) is 50.1 Å². The number of carboxylic acid groups (broad SMARTS) is 1. The van der Waals surface area contributed by atoms with Gasteiger partial charge in [-0.1, -0.05) is 60.7 Å². The Morgan fingerprint density at radius 2 is 1.30 bits per heavy atom. The minimum atomic E-state index is -1.01. The van der Waals surface area contributed by atoms with Gasteiger partial charge in [0, 0.05) is 22.4 Å². The second kappa shape index (κ2) is 7.24. The van der Waals surface area contributed by atoms with Gasteiger partial charge in [-0.3, -0.25) is 0 Å². The van der Waals surface area contributed by atoms with E-state index in [1.807, 2.05) is 48.5 Å². The third-order valence-electron chi connectivity index (χ3n) is 6.30. The van der Waals surface area contributed by atoms with Crippen LogP contribution in [-0.4, -0.2) is 11.1 Å². The van der Waals surface area contributed by atoms with Gasteiger partial charge in [-0.05, 0) is 70.1 Å². The maximum absolute atomic E-state index is 11.8. The quantitative estimate of drug-likeness (QED) is 0.291. The molecule has 5 aromatic rings. The van der Waals surface area contributed by atoms with E-state index in [4.69, 9.17) is 5.73 Å². The topological polar surface area (TPSA) is 66.6 Å². The van der Waals surface area contributed by atoms with Crippen molar-refractivity contribution in [2.75, 3.05) is 10.6 Å². The third-order valence-corrected chi connectivity index (χ3v) is 6.30. The summed E-state index contributed by atoms with van der Waals surface area (Å²) in [6, 6.07) is 34.5. The summed E-state index contributed by atoms with van der Waals surface area (Å²) in [7, 11) is 0. The summed E-state index contributed by atoms with van der Waals surface area (Å²) < 4.78 is 0. The molecule has 4 heteroatoms. The van der Waals surface area contributed by atoms with Gasteiger partial charge in [-0.25, -0.2) is 4.79 Å². The SMILES string of the molecule is Nc1c(C(=O)O)cc2c3c(cccc13)-c1cc(N(c3ccccc3)c3ccccc3)ccc1-2. The van der Waals surface area contributed by atoms with Gasteiger partial charge in [-0.2, -0.15) is 0 Å². The molecule has 3 N–H and O–H groups in total. The molecular weight excluding hydrogens is 408 g/mol. The zero-order valence-electron chi connectivity index (χ0n) is 17.7. The van der Waals surface area contributed by atoms with E-state index in [-0.39, 0.29) is 5.56 Å². The monoisotopic (exact) mass is 428 g/mol. The summed E-state index contributed by atoms with van der Waals surface area (Å²) in [6.45, 7) is 0. The van der Waals surface area contributed by atoms with E-state index in [0.29, 0.717) is 5.69 Å². The number of nitrogen functional groups attached to an aromatic ring is 1. The Kier molecular flexibility index (Phi) is 4.20. The molecule has 0 heterocycles. The van der Waals surface area contributed by atoms with E-state index in [9.17, 15) is 9.90 Å². The van der Waals surface area contributed by atoms with Crippen LogP contribution in [0.5, 0.6) is 0 Å². The lowest BCUT2D eigenvalue weighted by Crippen LogP contribution is -2.09. The first-order valence-electron chi connectivity index (χ1n) is 10.8. The van der Waals surface area contributed by atoms with E-state index in [2.05, 4.69) is 53.4 Å². The minimum absolute atomic E-state index is 0.141. The van der Waals surface area contributed by atoms with Crippen LogP contribution in [0.2, 0.25) is 0 Å². The van der Waals surface area contributed by atoms with Gasteiger partial charge in [-0.15, -0.1) is 0 Å². The largest absolute Gasteiger partial charge is 0.478 e. The number of para-hydroxylation sites is 2. The van der Waals surface area contributed by atoms with Crippen LogP contribution in [0.1, 0.15) is 10.4 Å². The highest BCUT2D eigenvalue weighted by Gasteiger charge is 2.26. The number of rotatable bonds is 4. The summed E-state index contributed by atoms with van der Waals surface area (Å²) in [5.74, 6) is -1.01. The first kappa shape index (κ1) is 19.1. The van der Waals surface area contributed by atoms with Crippen molar-refractivity contribution in [3.8, 4) is 22.3 Å². The Morgan fingerprint density at radius 3 is 1.94 bits per heavy atom. The van der Waals surface area contributed by atoms with Crippen molar-refractivity contribution in [3.05, 3.63) is 109 Å². The van der Waals surface area contributed by atoms with Gasteiger partial charge in [0.2, 0.25) is 0 Å². The lowest BCUT2D eigenvalue weighted by Gasteiger charge is -2.26. The average Bonchev–Trinajstić information content (AvgIpc) is 3.16. The van der Waals surface area contributed by atoms with Crippen molar-refractivity contribution in [2.24, 2.45) is 0 Å². The van der Waals surface area contributed by atoms with Gasteiger partial charge in [0.25, 0.3) is 0 Å². The molecule has 0 saturated heterocycles. The molecule has 0 radical (unpaired) electrons. The number of nitrogens with zero attached hydrogens (tertiary/aromatic N) is 1. The van der Waals surface area contributed by atoms with Crippen molar-refractivity contribution in [2.45, 2.75) is 0 Å². The summed E-state index contributed by atoms with van der Waals surface area (Å²) in [6.07, 6.45) is 0. The van der Waals surface area contributed by atoms with Crippen molar-refractivity contribution >= 4 is 39.5 Å². The standard InChI is InChI=1S/C29H20N2O2/c30-28-23-13-7-12-22-24-16-20(14-15-21(24)25(27(22)23)17-26(28)29(32)33)31(18-8-3-1-4-9-18)19-10-5-2-6-11-19/h1-17H,30H2,(H,32,33). The number of hydrogen-bond donors (Lipinski definition) is 2. The maximum atomic E-state index is 11.8. The first-order chi connectivity index (χ1) is 16.1. The van der Waals surface area contributed by atoms with Crippen LogP contribution in [0.25, 0.3) is 33.0 Å². The Labute approximate surface area is 191 Å². The molecule has 0 saturated carbocycles. The van der Waals surface area contributed by atoms with Crippen LogP contribution in [0.15, 0.2) is 103 Å². The van der Waals surface area contributed by atoms with Gasteiger partial charge in [0.15, 0.2) is 0 Å². The Balaban J connectivity index is 1.59. The molecule has 5 aromatic carbocycles. The molecule has 1 aliphatic rings. The highest BCUT2D eigenvalue weighted by atomic mass is 16.4. The Morgan fingerprint density at radius 1 is 0.636 bits per heavy atom. The number of fused-ring (bicyclic) bond motifs is 3. The molecule has 0 fully saturated rings. The van der Waals surface area contributed by atoms with Crippen LogP contribution in [0.4, 0.5) is 22.7 Å². The molecular formula is C29H20N2O2. The van der Waals surface area contributed by atoms with Gasteiger partial charge in [0.1, 0.15) is 0 Å². The number of hydrogen-bond acceptors (Lipinski definition) is 3. The molecule has 0 bridgehead atoms. The van der Waals surface area contributed by atoms with Gasteiger partial charge in [0.05, 0.1) is 11.3 Å². The number of anilines is 4. The number of benzene rings is 5. The molecule has 0 aliphatic heterocycles. The zero-order valence-corrected chi connectivity index (χ0v) is 17.7. The molecule has 0 spiro atoms. The first-order valence-corrected chi connectivity index (χ1v) is 10.8. The molecule has 6 rings (SSSR count). The van der Waals surface area contributed by atoms with Crippen LogP contribution in [-0.2, 0) is 0 Å². The van der Waals surface area contributed by atoms with Crippen molar-refractivity contribution < 1.29 is 9.90 Å². The number of nitrogens with two attached hydrogens (primary N) is 1. The van der Waals surface area contributed by atoms with E-state index >= 15 is 0 Å². The fourth-order valence-corrected chi connectivity index (χ4v) is 4.85. The summed E-state index contributed by atoms with van der Waals surface area (Å²) in [5, 5.41) is 11.5. The van der Waals surface area contributed by atoms with Crippen LogP contribution in [0, 0.1) is 0 Å². The van der Waals surface area contributed by atoms with E-state index in [1.54, 1.807) is 6.07 Å². The molecule has 0 amide bonds. The Bertz CT molecular complexity index is 1500. The summed E-state index contributed by atoms with van der Waals surface area (Å²) in [5.41, 5.74) is 14.0. The molecule has 158 valence electrons. The smallest absolute Gasteiger partial charge is 0.337 e. The van der Waals surface area contributed by atoms with Crippen molar-refractivity contribution in [3.63, 3.8) is 0 Å². The van der Waals surface area contributed by atoms with Gasteiger partial charge >= 0.3 is 5.97 Å². The van der Waals surface area contributed by atoms with E-state index in [1.165, 1.54) is 0 Å². The van der Waals surface area contributed by atoms with Crippen molar-refractivity contribution in [1.29, 1.82) is 0 Å². The lowest BCUT2D eigenvalue weighted by molar-refractivity contribution is 0.0698. The maximum Gasteiger partial charge on any atom is 0.337 e. The minimum Gasteiger partial charge on any atom is -0.478 e. The highest BCUT2D eigenvalue weighted by molar-refractivity contribution is 6.21. The predicted octanol–water partition coefficient (Wildman–Crippen LogP) is 7.24. The summed E-state index contributed by atoms with van der Waals surface area (Å²) >= 11 is 0. The molecule has 0 aromatic heterocycles. The highest BCUT2D eigenvalue weighted by Crippen LogP contribution is 2.51. The van der Waals surface area contributed by atoms with Crippen molar-refractivity contribution in [1.82, 2.24) is 0 Å². The van der Waals surface area contributed by atoms with Gasteiger partial charge < -0.3 is 15.7 Å². The normalized spacial score (nSPS) is 11.4. The second-order valence-corrected chi connectivity index (χ2v) is 8.16. The van der Waals surface area contributed by atoms with Crippen LogP contribution < -0.4 is 10.6 Å². The molecule has 0 atom stereocenters. The lowest BCUT2D eigenvalue weighted by atomic mass is 9.98. The Hall–Kier alpha value is -4.57. The average molecular weight is 428 g/mol. The number of aromatic carboxylic acids is 1. The number of carboxylic acids is 1. The second-order valence-electron chi connectivity index (χ2n) is 8.16. The van der Waals surface area contributed by atoms with Crippen LogP contribution in [0.3, 0.4) is 0 Å². The molecule has 1 aliphatic carbocycles. The fourth-order valence-electron chi connectivity index (χ4n) is 4.85. The zero-order chi connectivity index (χ0) is 22.5. The molecule has 4 nitrogen and oxygen atoms in total. The predicted molar refractivity (Wildman–Crippen MR) is 134 cm³/mol. The molecule has 0 unspecified atom stereocenters. The molecule has 33 heavy (non-hydrogen) atoms.